The minimum absolute atomic E-state index is 0.381. The highest BCUT2D eigenvalue weighted by Crippen LogP contribution is 2.70. The van der Waals surface area contributed by atoms with Crippen LogP contribution in [-0.4, -0.2) is 43.6 Å². The lowest BCUT2D eigenvalue weighted by molar-refractivity contribution is 0.722. The molecule has 0 atom stereocenters. The van der Waals surface area contributed by atoms with E-state index in [0.717, 1.165) is 0 Å². The molecule has 218 valence electrons. The summed E-state index contributed by atoms with van der Waals surface area (Å²) < 4.78 is 0. The predicted molar refractivity (Wildman–Crippen MR) is 195 cm³/mol. The standard InChI is InChI=1S/C32H66Si6/c1-29(2,3)33(13,14)37(34(15,16)30(4,5)6)26-28(27-24-22-21-23-25-27)38(37,35(17,18)31(7,8)9)36(19,20)32(10,11)12/h21-26H,1-20H3. The average molecular weight is 619 g/mol. The molecule has 0 radical (unpaired) electrons. The lowest BCUT2D eigenvalue weighted by atomic mass is 10.2. The molecule has 1 aliphatic heterocycles. The lowest BCUT2D eigenvalue weighted by Gasteiger charge is -2.81. The van der Waals surface area contributed by atoms with E-state index in [-0.39, 0.29) is 0 Å². The summed E-state index contributed by atoms with van der Waals surface area (Å²) in [6.07, 6.45) is 0. The molecule has 0 aliphatic carbocycles. The summed E-state index contributed by atoms with van der Waals surface area (Å²) in [6, 6.07) is 11.9. The Bertz CT molecular complexity index is 996. The monoisotopic (exact) mass is 618 g/mol. The van der Waals surface area contributed by atoms with E-state index in [2.05, 4.69) is 171 Å². The van der Waals surface area contributed by atoms with Crippen molar-refractivity contribution in [1.82, 2.24) is 0 Å². The first-order valence-electron chi connectivity index (χ1n) is 15.2. The Morgan fingerprint density at radius 1 is 0.447 bits per heavy atom. The Hall–Kier alpha value is 0.261. The third-order valence-electron chi connectivity index (χ3n) is 13.8. The van der Waals surface area contributed by atoms with Gasteiger partial charge in [0.2, 0.25) is 0 Å². The van der Waals surface area contributed by atoms with E-state index in [1.165, 1.54) is 0 Å². The minimum atomic E-state index is -2.01. The molecule has 1 aliphatic rings. The quantitative estimate of drug-likeness (QED) is 0.288. The van der Waals surface area contributed by atoms with Crippen molar-refractivity contribution in [3.63, 3.8) is 0 Å². The van der Waals surface area contributed by atoms with Crippen molar-refractivity contribution in [2.24, 2.45) is 0 Å². The van der Waals surface area contributed by atoms with Crippen molar-refractivity contribution < 1.29 is 0 Å². The third kappa shape index (κ3) is 4.15. The summed E-state index contributed by atoms with van der Waals surface area (Å²) in [7, 11) is -7.12. The Labute approximate surface area is 244 Å². The summed E-state index contributed by atoms with van der Waals surface area (Å²) in [5.41, 5.74) is 4.80. The maximum Gasteiger partial charge on any atom is 0.0703 e. The Morgan fingerprint density at radius 2 is 0.737 bits per heavy atom. The molecule has 0 saturated carbocycles. The van der Waals surface area contributed by atoms with Crippen LogP contribution in [0.5, 0.6) is 0 Å². The van der Waals surface area contributed by atoms with Gasteiger partial charge >= 0.3 is 0 Å². The van der Waals surface area contributed by atoms with Crippen LogP contribution >= 0.6 is 0 Å². The Morgan fingerprint density at radius 3 is 1.00 bits per heavy atom. The lowest BCUT2D eigenvalue weighted by Crippen LogP contribution is -3.04. The first kappa shape index (κ1) is 34.5. The summed E-state index contributed by atoms with van der Waals surface area (Å²) in [6.45, 7) is 51.4. The molecular weight excluding hydrogens is 553 g/mol. The number of hydrogen-bond donors (Lipinski definition) is 0. The fourth-order valence-corrected chi connectivity index (χ4v) is 233. The fourth-order valence-electron chi connectivity index (χ4n) is 8.31. The topological polar surface area (TPSA) is 0 Å². The van der Waals surface area contributed by atoms with Crippen LogP contribution in [0.4, 0.5) is 0 Å². The summed E-state index contributed by atoms with van der Waals surface area (Å²) in [5, 5.41) is 3.52. The van der Waals surface area contributed by atoms with E-state index >= 15 is 0 Å². The van der Waals surface area contributed by atoms with Gasteiger partial charge < -0.3 is 0 Å². The zero-order valence-electron chi connectivity index (χ0n) is 29.5. The molecule has 0 fully saturated rings. The molecule has 2 rings (SSSR count). The normalized spacial score (nSPS) is 19.6. The molecule has 1 heterocycles. The van der Waals surface area contributed by atoms with Gasteiger partial charge in [0.05, 0.1) is 13.3 Å². The van der Waals surface area contributed by atoms with E-state index in [1.807, 2.05) is 5.20 Å². The maximum absolute atomic E-state index is 3.20. The first-order valence-corrected chi connectivity index (χ1v) is 36.3. The molecule has 6 heteroatoms. The zero-order chi connectivity index (χ0) is 30.4. The van der Waals surface area contributed by atoms with Crippen LogP contribution in [0.1, 0.15) is 88.6 Å². The van der Waals surface area contributed by atoms with Gasteiger partial charge in [-0.3, -0.25) is 0 Å². The molecule has 38 heavy (non-hydrogen) atoms. The molecule has 0 spiro atoms. The van der Waals surface area contributed by atoms with Gasteiger partial charge in [0, 0.05) is 30.4 Å². The summed E-state index contributed by atoms with van der Waals surface area (Å²) >= 11 is 0. The van der Waals surface area contributed by atoms with Gasteiger partial charge in [-0.25, -0.2) is 0 Å². The van der Waals surface area contributed by atoms with Crippen LogP contribution in [0.3, 0.4) is 0 Å². The van der Waals surface area contributed by atoms with E-state index in [9.17, 15) is 0 Å². The summed E-state index contributed by atoms with van der Waals surface area (Å²) in [5.74, 6) is 0. The van der Waals surface area contributed by atoms with Gasteiger partial charge in [-0.1, -0.05) is 171 Å². The van der Waals surface area contributed by atoms with Crippen LogP contribution in [0.25, 0.3) is 5.20 Å². The molecule has 0 aromatic heterocycles. The van der Waals surface area contributed by atoms with Crippen molar-refractivity contribution in [2.75, 3.05) is 0 Å². The molecule has 0 amide bonds. The second kappa shape index (κ2) is 9.38. The van der Waals surface area contributed by atoms with Crippen molar-refractivity contribution in [3.05, 3.63) is 41.6 Å². The molecular formula is C32H66Si6. The highest BCUT2D eigenvalue weighted by atomic mass is 30.2. The van der Waals surface area contributed by atoms with Crippen LogP contribution in [0.2, 0.25) is 72.5 Å². The molecule has 1 aromatic carbocycles. The fraction of sp³-hybridized carbons (Fsp3) is 0.750. The first-order chi connectivity index (χ1) is 16.5. The van der Waals surface area contributed by atoms with Gasteiger partial charge in [0.15, 0.2) is 0 Å². The van der Waals surface area contributed by atoms with Gasteiger partial charge in [0.1, 0.15) is 0 Å². The SMILES string of the molecule is CC(C)(C)[Si](C)(C)[Si]1([Si](C)(C)C(C)(C)C)C=C(c2ccccc2)[Si]1([Si](C)(C)C(C)(C)C)[Si](C)(C)C(C)(C)C. The third-order valence-corrected chi connectivity index (χ3v) is 147. The van der Waals surface area contributed by atoms with Crippen molar-refractivity contribution in [2.45, 2.75) is 156 Å². The number of benzene rings is 1. The molecule has 0 unspecified atom stereocenters. The smallest absolute Gasteiger partial charge is 0.0703 e. The van der Waals surface area contributed by atoms with Gasteiger partial charge in [-0.2, -0.15) is 0 Å². The number of hydrogen-bond acceptors (Lipinski definition) is 0. The average Bonchev–Trinajstić information content (AvgIpc) is 2.64. The highest BCUT2D eigenvalue weighted by molar-refractivity contribution is 8.16. The van der Waals surface area contributed by atoms with Crippen LogP contribution < -0.4 is 0 Å². The van der Waals surface area contributed by atoms with Crippen molar-refractivity contribution >= 4 is 48.8 Å². The van der Waals surface area contributed by atoms with Crippen LogP contribution in [0.15, 0.2) is 36.0 Å². The van der Waals surface area contributed by atoms with E-state index < -0.39 is 43.6 Å². The predicted octanol–water partition coefficient (Wildman–Crippen LogP) is 11.5. The molecule has 1 aromatic rings. The van der Waals surface area contributed by atoms with Crippen molar-refractivity contribution in [3.8, 4) is 0 Å². The molecule has 0 bridgehead atoms. The second-order valence-corrected chi connectivity index (χ2v) is 79.8. The minimum Gasteiger partial charge on any atom is -0.103 e. The maximum atomic E-state index is 3.20. The Kier molecular flexibility index (Phi) is 8.51. The molecule has 0 saturated heterocycles. The highest BCUT2D eigenvalue weighted by Gasteiger charge is 2.86. The van der Waals surface area contributed by atoms with Gasteiger partial charge in [0.25, 0.3) is 0 Å². The second-order valence-electron chi connectivity index (χ2n) is 19.0. The van der Waals surface area contributed by atoms with Crippen LogP contribution in [-0.2, 0) is 0 Å². The van der Waals surface area contributed by atoms with Crippen molar-refractivity contribution in [1.29, 1.82) is 0 Å². The zero-order valence-corrected chi connectivity index (χ0v) is 35.5. The molecule has 0 nitrogen and oxygen atoms in total. The van der Waals surface area contributed by atoms with E-state index in [4.69, 9.17) is 0 Å². The van der Waals surface area contributed by atoms with Crippen LogP contribution in [0, 0.1) is 0 Å². The largest absolute Gasteiger partial charge is 0.103 e. The summed E-state index contributed by atoms with van der Waals surface area (Å²) in [4.78, 5) is 0. The van der Waals surface area contributed by atoms with E-state index in [0.29, 0.717) is 20.2 Å². The Balaban J connectivity index is 3.52. The van der Waals surface area contributed by atoms with E-state index in [1.54, 1.807) is 5.56 Å². The van der Waals surface area contributed by atoms with Gasteiger partial charge in [-0.05, 0) is 25.7 Å². The van der Waals surface area contributed by atoms with Gasteiger partial charge in [-0.15, -0.1) is 5.70 Å². The molecule has 0 N–H and O–H groups in total. The number of rotatable bonds is 5.